The average Bonchev–Trinajstić information content (AvgIpc) is 3.09. The summed E-state index contributed by atoms with van der Waals surface area (Å²) in [5.74, 6) is 1.60. The molecular weight excluding hydrogens is 330 g/mol. The van der Waals surface area contributed by atoms with Crippen molar-refractivity contribution < 1.29 is 9.53 Å². The first-order valence-corrected chi connectivity index (χ1v) is 7.49. The van der Waals surface area contributed by atoms with E-state index in [1.165, 1.54) is 12.3 Å². The first kappa shape index (κ1) is 15.9. The molecule has 0 unspecified atom stereocenters. The van der Waals surface area contributed by atoms with Gasteiger partial charge in [-0.1, -0.05) is 11.6 Å². The Morgan fingerprint density at radius 3 is 2.79 bits per heavy atom. The van der Waals surface area contributed by atoms with Gasteiger partial charge < -0.3 is 10.1 Å². The molecule has 122 valence electrons. The number of carbonyl (C=O) groups excluding carboxylic acids is 1. The molecule has 1 aromatic carbocycles. The third-order valence-corrected chi connectivity index (χ3v) is 3.49. The van der Waals surface area contributed by atoms with Gasteiger partial charge in [0.25, 0.3) is 5.91 Å². The van der Waals surface area contributed by atoms with Crippen LogP contribution in [-0.4, -0.2) is 33.2 Å². The van der Waals surface area contributed by atoms with Gasteiger partial charge in [-0.15, -0.1) is 0 Å². The van der Waals surface area contributed by atoms with Gasteiger partial charge in [0.2, 0.25) is 0 Å². The molecule has 2 aromatic heterocycles. The Hall–Kier alpha value is -2.93. The number of nitrogens with zero attached hydrogens (tertiary/aromatic N) is 3. The number of aromatic amines is 1. The summed E-state index contributed by atoms with van der Waals surface area (Å²) in [6, 6.07) is 10.5. The number of rotatable bonds is 5. The SMILES string of the molecule is COc1ccc(-c2n[nH]c(CNC(=O)c3ccnc(Cl)c3)n2)cc1. The normalized spacial score (nSPS) is 10.4. The van der Waals surface area contributed by atoms with Crippen LogP contribution in [0, 0.1) is 0 Å². The number of ether oxygens (including phenoxy) is 1. The molecule has 3 aromatic rings. The van der Waals surface area contributed by atoms with Gasteiger partial charge in [-0.2, -0.15) is 5.10 Å². The molecule has 2 heterocycles. The second kappa shape index (κ2) is 7.10. The number of aromatic nitrogens is 4. The van der Waals surface area contributed by atoms with Crippen molar-refractivity contribution in [3.05, 3.63) is 59.1 Å². The van der Waals surface area contributed by atoms with Crippen molar-refractivity contribution >= 4 is 17.5 Å². The van der Waals surface area contributed by atoms with Gasteiger partial charge >= 0.3 is 0 Å². The number of pyridine rings is 1. The predicted octanol–water partition coefficient (Wildman–Crippen LogP) is 2.46. The molecule has 0 bridgehead atoms. The summed E-state index contributed by atoms with van der Waals surface area (Å²) < 4.78 is 5.12. The van der Waals surface area contributed by atoms with E-state index >= 15 is 0 Å². The number of hydrogen-bond acceptors (Lipinski definition) is 5. The maximum Gasteiger partial charge on any atom is 0.251 e. The minimum Gasteiger partial charge on any atom is -0.497 e. The van der Waals surface area contributed by atoms with Crippen molar-refractivity contribution in [3.8, 4) is 17.1 Å². The van der Waals surface area contributed by atoms with Crippen LogP contribution in [0.5, 0.6) is 5.75 Å². The van der Waals surface area contributed by atoms with Gasteiger partial charge in [-0.05, 0) is 36.4 Å². The lowest BCUT2D eigenvalue weighted by molar-refractivity contribution is 0.0950. The Kier molecular flexibility index (Phi) is 4.72. The van der Waals surface area contributed by atoms with Crippen LogP contribution in [0.3, 0.4) is 0 Å². The summed E-state index contributed by atoms with van der Waals surface area (Å²) in [6.45, 7) is 0.224. The van der Waals surface area contributed by atoms with Crippen molar-refractivity contribution in [3.63, 3.8) is 0 Å². The number of halogens is 1. The molecule has 0 aliphatic heterocycles. The highest BCUT2D eigenvalue weighted by molar-refractivity contribution is 6.29. The van der Waals surface area contributed by atoms with Gasteiger partial charge in [0.1, 0.15) is 16.7 Å². The Labute approximate surface area is 143 Å². The Morgan fingerprint density at radius 2 is 2.08 bits per heavy atom. The zero-order valence-electron chi connectivity index (χ0n) is 12.8. The molecule has 0 aliphatic rings. The lowest BCUT2D eigenvalue weighted by Gasteiger charge is -2.03. The molecule has 0 spiro atoms. The van der Waals surface area contributed by atoms with Gasteiger partial charge in [-0.25, -0.2) is 9.97 Å². The fourth-order valence-electron chi connectivity index (χ4n) is 2.05. The maximum atomic E-state index is 12.0. The number of amides is 1. The topological polar surface area (TPSA) is 92.8 Å². The fraction of sp³-hybridized carbons (Fsp3) is 0.125. The monoisotopic (exact) mass is 343 g/mol. The largest absolute Gasteiger partial charge is 0.497 e. The summed E-state index contributed by atoms with van der Waals surface area (Å²) in [5.41, 5.74) is 1.29. The summed E-state index contributed by atoms with van der Waals surface area (Å²) in [7, 11) is 1.61. The van der Waals surface area contributed by atoms with Crippen molar-refractivity contribution in [1.29, 1.82) is 0 Å². The van der Waals surface area contributed by atoms with Gasteiger partial charge in [0.05, 0.1) is 13.7 Å². The number of nitrogens with one attached hydrogen (secondary N) is 2. The molecular formula is C16H14ClN5O2. The van der Waals surface area contributed by atoms with Crippen molar-refractivity contribution in [2.45, 2.75) is 6.54 Å². The first-order valence-electron chi connectivity index (χ1n) is 7.11. The van der Waals surface area contributed by atoms with E-state index in [1.807, 2.05) is 24.3 Å². The van der Waals surface area contributed by atoms with Gasteiger partial charge in [-0.3, -0.25) is 9.89 Å². The van der Waals surface area contributed by atoms with Gasteiger partial charge in [0.15, 0.2) is 5.82 Å². The minimum absolute atomic E-state index is 0.224. The summed E-state index contributed by atoms with van der Waals surface area (Å²) in [4.78, 5) is 20.2. The molecule has 2 N–H and O–H groups in total. The van der Waals surface area contributed by atoms with E-state index in [0.717, 1.165) is 11.3 Å². The highest BCUT2D eigenvalue weighted by Crippen LogP contribution is 2.18. The van der Waals surface area contributed by atoms with E-state index < -0.39 is 0 Å². The molecule has 0 saturated carbocycles. The smallest absolute Gasteiger partial charge is 0.251 e. The number of H-pyrrole nitrogens is 1. The highest BCUT2D eigenvalue weighted by Gasteiger charge is 2.09. The molecule has 1 amide bonds. The Balaban J connectivity index is 1.64. The van der Waals surface area contributed by atoms with Crippen LogP contribution in [0.15, 0.2) is 42.6 Å². The quantitative estimate of drug-likeness (QED) is 0.694. The molecule has 0 saturated heterocycles. The van der Waals surface area contributed by atoms with Crippen molar-refractivity contribution in [1.82, 2.24) is 25.5 Å². The first-order chi connectivity index (χ1) is 11.7. The lowest BCUT2D eigenvalue weighted by atomic mass is 10.2. The fourth-order valence-corrected chi connectivity index (χ4v) is 2.23. The molecule has 0 aliphatic carbocycles. The number of carbonyl (C=O) groups is 1. The number of benzene rings is 1. The minimum atomic E-state index is -0.262. The molecule has 3 rings (SSSR count). The summed E-state index contributed by atoms with van der Waals surface area (Å²) >= 11 is 5.77. The van der Waals surface area contributed by atoms with Crippen molar-refractivity contribution in [2.24, 2.45) is 0 Å². The third-order valence-electron chi connectivity index (χ3n) is 3.29. The van der Waals surface area contributed by atoms with Gasteiger partial charge in [0, 0.05) is 17.3 Å². The second-order valence-electron chi connectivity index (χ2n) is 4.88. The van der Waals surface area contributed by atoms with E-state index in [-0.39, 0.29) is 17.6 Å². The molecule has 0 radical (unpaired) electrons. The zero-order valence-corrected chi connectivity index (χ0v) is 13.5. The van der Waals surface area contributed by atoms with Crippen LogP contribution in [0.25, 0.3) is 11.4 Å². The average molecular weight is 344 g/mol. The molecule has 0 atom stereocenters. The van der Waals surface area contributed by atoms with E-state index in [0.29, 0.717) is 17.2 Å². The predicted molar refractivity (Wildman–Crippen MR) is 88.8 cm³/mol. The zero-order chi connectivity index (χ0) is 16.9. The molecule has 24 heavy (non-hydrogen) atoms. The van der Waals surface area contributed by atoms with Crippen LogP contribution in [0.2, 0.25) is 5.15 Å². The van der Waals surface area contributed by atoms with Crippen LogP contribution in [0.1, 0.15) is 16.2 Å². The van der Waals surface area contributed by atoms with E-state index in [2.05, 4.69) is 25.5 Å². The van der Waals surface area contributed by atoms with Crippen LogP contribution in [-0.2, 0) is 6.54 Å². The lowest BCUT2D eigenvalue weighted by Crippen LogP contribution is -2.23. The summed E-state index contributed by atoms with van der Waals surface area (Å²) in [5, 5.41) is 9.97. The number of hydrogen-bond donors (Lipinski definition) is 2. The number of methoxy groups -OCH3 is 1. The summed E-state index contributed by atoms with van der Waals surface area (Å²) in [6.07, 6.45) is 1.48. The third kappa shape index (κ3) is 3.69. The standard InChI is InChI=1S/C16H14ClN5O2/c1-24-12-4-2-10(3-5-12)15-20-14(21-22-15)9-19-16(23)11-6-7-18-13(17)8-11/h2-8H,9H2,1H3,(H,19,23)(H,20,21,22). The van der Waals surface area contributed by atoms with Crippen LogP contribution in [0.4, 0.5) is 0 Å². The molecule has 8 heteroatoms. The van der Waals surface area contributed by atoms with E-state index in [9.17, 15) is 4.79 Å². The van der Waals surface area contributed by atoms with E-state index in [1.54, 1.807) is 13.2 Å². The van der Waals surface area contributed by atoms with Crippen molar-refractivity contribution in [2.75, 3.05) is 7.11 Å². The van der Waals surface area contributed by atoms with Crippen LogP contribution < -0.4 is 10.1 Å². The Bertz CT molecular complexity index is 848. The molecule has 0 fully saturated rings. The van der Waals surface area contributed by atoms with Crippen LogP contribution >= 0.6 is 11.6 Å². The highest BCUT2D eigenvalue weighted by atomic mass is 35.5. The van der Waals surface area contributed by atoms with E-state index in [4.69, 9.17) is 16.3 Å². The Morgan fingerprint density at radius 1 is 1.29 bits per heavy atom. The second-order valence-corrected chi connectivity index (χ2v) is 5.27. The maximum absolute atomic E-state index is 12.0. The molecule has 7 nitrogen and oxygen atoms in total.